The molecule has 0 aromatic carbocycles. The Hall–Kier alpha value is -0.590. The maximum Gasteiger partial charge on any atom is 0.158 e. The molecule has 0 aromatic rings. The molecule has 1 saturated carbocycles. The molecule has 1 nitrogen and oxygen atoms in total. The minimum Gasteiger partial charge on any atom is -0.295 e. The van der Waals surface area contributed by atoms with E-state index in [0.29, 0.717) is 11.7 Å². The summed E-state index contributed by atoms with van der Waals surface area (Å²) < 4.78 is 0. The largest absolute Gasteiger partial charge is 0.295 e. The van der Waals surface area contributed by atoms with Gasteiger partial charge in [0, 0.05) is 6.42 Å². The molecule has 0 amide bonds. The fourth-order valence-corrected chi connectivity index (χ4v) is 2.21. The lowest BCUT2D eigenvalue weighted by atomic mass is 9.99. The van der Waals surface area contributed by atoms with E-state index in [1.54, 1.807) is 0 Å². The van der Waals surface area contributed by atoms with Crippen LogP contribution in [0.15, 0.2) is 11.6 Å². The molecule has 0 saturated heterocycles. The summed E-state index contributed by atoms with van der Waals surface area (Å²) in [6.07, 6.45) is 9.13. The van der Waals surface area contributed by atoms with Gasteiger partial charge in [0.2, 0.25) is 0 Å². The van der Waals surface area contributed by atoms with Gasteiger partial charge < -0.3 is 0 Å². The van der Waals surface area contributed by atoms with Gasteiger partial charge in [-0.05, 0) is 37.2 Å². The Morgan fingerprint density at radius 1 is 1.27 bits per heavy atom. The van der Waals surface area contributed by atoms with Crippen LogP contribution in [0.4, 0.5) is 0 Å². The average Bonchev–Trinajstić information content (AvgIpc) is 2.25. The summed E-state index contributed by atoms with van der Waals surface area (Å²) in [7, 11) is 0. The second-order valence-electron chi connectivity index (χ2n) is 3.60. The van der Waals surface area contributed by atoms with Gasteiger partial charge in [0.05, 0.1) is 0 Å². The average molecular weight is 150 g/mol. The van der Waals surface area contributed by atoms with Crippen molar-refractivity contribution in [3.63, 3.8) is 0 Å². The van der Waals surface area contributed by atoms with Crippen molar-refractivity contribution >= 4 is 5.78 Å². The third-order valence-electron chi connectivity index (χ3n) is 2.85. The molecule has 60 valence electrons. The highest BCUT2D eigenvalue weighted by Gasteiger charge is 2.28. The van der Waals surface area contributed by atoms with E-state index in [4.69, 9.17) is 0 Å². The second kappa shape index (κ2) is 2.80. The van der Waals surface area contributed by atoms with E-state index in [1.165, 1.54) is 24.8 Å². The van der Waals surface area contributed by atoms with E-state index in [-0.39, 0.29) is 0 Å². The summed E-state index contributed by atoms with van der Waals surface area (Å²) in [5.74, 6) is 1.07. The summed E-state index contributed by atoms with van der Waals surface area (Å²) in [6.45, 7) is 0. The lowest BCUT2D eigenvalue weighted by molar-refractivity contribution is -0.114. The predicted octanol–water partition coefficient (Wildman–Crippen LogP) is 2.47. The number of ketones is 1. The zero-order chi connectivity index (χ0) is 7.68. The van der Waals surface area contributed by atoms with Crippen molar-refractivity contribution in [1.82, 2.24) is 0 Å². The molecule has 1 fully saturated rings. The van der Waals surface area contributed by atoms with Crippen molar-refractivity contribution in [2.75, 3.05) is 0 Å². The number of fused-ring (bicyclic) bond motifs is 1. The van der Waals surface area contributed by atoms with E-state index < -0.39 is 0 Å². The first-order valence-electron chi connectivity index (χ1n) is 4.61. The lowest BCUT2D eigenvalue weighted by Gasteiger charge is -2.05. The van der Waals surface area contributed by atoms with Crippen LogP contribution in [-0.4, -0.2) is 5.78 Å². The molecule has 2 aliphatic rings. The topological polar surface area (TPSA) is 17.1 Å². The van der Waals surface area contributed by atoms with Crippen molar-refractivity contribution in [3.8, 4) is 0 Å². The summed E-state index contributed by atoms with van der Waals surface area (Å²) in [5, 5.41) is 0. The molecular weight excluding hydrogens is 136 g/mol. The number of Topliss-reactive ketones (excluding diaryl/α,β-unsaturated/α-hetero) is 1. The Kier molecular flexibility index (Phi) is 1.80. The normalized spacial score (nSPS) is 31.1. The predicted molar refractivity (Wildman–Crippen MR) is 44.3 cm³/mol. The highest BCUT2D eigenvalue weighted by molar-refractivity contribution is 5.98. The Balaban J connectivity index is 2.21. The van der Waals surface area contributed by atoms with E-state index in [9.17, 15) is 4.79 Å². The van der Waals surface area contributed by atoms with Gasteiger partial charge in [0.25, 0.3) is 0 Å². The van der Waals surface area contributed by atoms with Gasteiger partial charge in [-0.2, -0.15) is 0 Å². The molecule has 11 heavy (non-hydrogen) atoms. The first-order chi connectivity index (χ1) is 5.38. The molecule has 1 atom stereocenters. The van der Waals surface area contributed by atoms with Crippen LogP contribution in [0.25, 0.3) is 0 Å². The molecule has 0 aliphatic heterocycles. The highest BCUT2D eigenvalue weighted by Crippen LogP contribution is 2.34. The minimum atomic E-state index is 0.428. The standard InChI is InChI=1S/C10H14O/c11-10-7-6-8-4-2-1-3-5-9(8)10/h5,8H,1-4,6-7H2. The van der Waals surface area contributed by atoms with E-state index in [0.717, 1.165) is 19.3 Å². The number of allylic oxidation sites excluding steroid dienone is 2. The van der Waals surface area contributed by atoms with Crippen LogP contribution in [0.2, 0.25) is 0 Å². The van der Waals surface area contributed by atoms with E-state index in [1.807, 2.05) is 0 Å². The van der Waals surface area contributed by atoms with Crippen LogP contribution in [0.5, 0.6) is 0 Å². The van der Waals surface area contributed by atoms with Crippen LogP contribution >= 0.6 is 0 Å². The SMILES string of the molecule is O=C1CCC2CCCCC=C12. The zero-order valence-corrected chi connectivity index (χ0v) is 6.81. The maximum atomic E-state index is 11.3. The molecular formula is C10H14O. The second-order valence-corrected chi connectivity index (χ2v) is 3.60. The Labute approximate surface area is 67.5 Å². The number of hydrogen-bond acceptors (Lipinski definition) is 1. The van der Waals surface area contributed by atoms with Gasteiger partial charge in [-0.3, -0.25) is 4.79 Å². The van der Waals surface area contributed by atoms with Gasteiger partial charge in [-0.25, -0.2) is 0 Å². The highest BCUT2D eigenvalue weighted by atomic mass is 16.1. The van der Waals surface area contributed by atoms with Gasteiger partial charge in [-0.15, -0.1) is 0 Å². The van der Waals surface area contributed by atoms with Gasteiger partial charge in [-0.1, -0.05) is 12.5 Å². The van der Waals surface area contributed by atoms with Crippen molar-refractivity contribution in [1.29, 1.82) is 0 Å². The van der Waals surface area contributed by atoms with E-state index in [2.05, 4.69) is 6.08 Å². The van der Waals surface area contributed by atoms with Crippen molar-refractivity contribution in [3.05, 3.63) is 11.6 Å². The van der Waals surface area contributed by atoms with Crippen LogP contribution in [0.3, 0.4) is 0 Å². The van der Waals surface area contributed by atoms with Crippen molar-refractivity contribution < 1.29 is 4.79 Å². The minimum absolute atomic E-state index is 0.428. The molecule has 2 aliphatic carbocycles. The zero-order valence-electron chi connectivity index (χ0n) is 6.81. The monoisotopic (exact) mass is 150 g/mol. The number of carbonyl (C=O) groups is 1. The van der Waals surface area contributed by atoms with Crippen LogP contribution in [0.1, 0.15) is 38.5 Å². The fraction of sp³-hybridized carbons (Fsp3) is 0.700. The van der Waals surface area contributed by atoms with Crippen molar-refractivity contribution in [2.24, 2.45) is 5.92 Å². The molecule has 2 rings (SSSR count). The molecule has 0 heterocycles. The van der Waals surface area contributed by atoms with Crippen LogP contribution < -0.4 is 0 Å². The smallest absolute Gasteiger partial charge is 0.158 e. The van der Waals surface area contributed by atoms with Crippen LogP contribution in [0, 0.1) is 5.92 Å². The Morgan fingerprint density at radius 3 is 3.09 bits per heavy atom. The van der Waals surface area contributed by atoms with Gasteiger partial charge >= 0.3 is 0 Å². The summed E-state index contributed by atoms with van der Waals surface area (Å²) in [5.41, 5.74) is 1.17. The molecule has 0 radical (unpaired) electrons. The Morgan fingerprint density at radius 2 is 2.18 bits per heavy atom. The maximum absolute atomic E-state index is 11.3. The third-order valence-corrected chi connectivity index (χ3v) is 2.85. The van der Waals surface area contributed by atoms with Gasteiger partial charge in [0.15, 0.2) is 5.78 Å². The van der Waals surface area contributed by atoms with Crippen LogP contribution in [-0.2, 0) is 4.79 Å². The Bertz CT molecular complexity index is 203. The first-order valence-corrected chi connectivity index (χ1v) is 4.61. The number of hydrogen-bond donors (Lipinski definition) is 0. The number of rotatable bonds is 0. The lowest BCUT2D eigenvalue weighted by Crippen LogP contribution is -1.99. The van der Waals surface area contributed by atoms with Crippen molar-refractivity contribution in [2.45, 2.75) is 38.5 Å². The molecule has 1 unspecified atom stereocenters. The summed E-state index contributed by atoms with van der Waals surface area (Å²) in [6, 6.07) is 0. The van der Waals surface area contributed by atoms with Gasteiger partial charge in [0.1, 0.15) is 0 Å². The summed E-state index contributed by atoms with van der Waals surface area (Å²) >= 11 is 0. The molecule has 0 bridgehead atoms. The van der Waals surface area contributed by atoms with E-state index >= 15 is 0 Å². The fourth-order valence-electron chi connectivity index (χ4n) is 2.21. The molecule has 0 N–H and O–H groups in total. The molecule has 1 heteroatoms. The quantitative estimate of drug-likeness (QED) is 0.518. The third kappa shape index (κ3) is 1.24. The molecule has 0 aromatic heterocycles. The summed E-state index contributed by atoms with van der Waals surface area (Å²) in [4.78, 5) is 11.3. The molecule has 0 spiro atoms. The number of carbonyl (C=O) groups excluding carboxylic acids is 1. The first kappa shape index (κ1) is 7.08.